The summed E-state index contributed by atoms with van der Waals surface area (Å²) < 4.78 is 0.380. The van der Waals surface area contributed by atoms with Crippen LogP contribution in [0.15, 0.2) is 4.99 Å². The topological polar surface area (TPSA) is 39.7 Å². The first-order valence-corrected chi connectivity index (χ1v) is 9.83. The van der Waals surface area contributed by atoms with Gasteiger partial charge in [0, 0.05) is 37.5 Å². The Hall–Kier alpha value is 0.310. The van der Waals surface area contributed by atoms with Crippen molar-refractivity contribution in [1.82, 2.24) is 15.5 Å². The fourth-order valence-electron chi connectivity index (χ4n) is 3.47. The molecular weight excluding hydrogens is 419 g/mol. The Morgan fingerprint density at radius 1 is 1.39 bits per heavy atom. The maximum Gasteiger partial charge on any atom is 0.191 e. The maximum absolute atomic E-state index is 4.38. The molecule has 0 spiro atoms. The summed E-state index contributed by atoms with van der Waals surface area (Å²) in [7, 11) is 1.87. The lowest BCUT2D eigenvalue weighted by molar-refractivity contribution is 0.139. The van der Waals surface area contributed by atoms with Crippen LogP contribution in [0.1, 0.15) is 46.5 Å². The molecule has 4 nitrogen and oxygen atoms in total. The number of thioether (sulfide) groups is 1. The molecule has 2 aliphatic rings. The molecule has 2 saturated heterocycles. The van der Waals surface area contributed by atoms with Crippen LogP contribution in [-0.2, 0) is 0 Å². The number of nitrogens with one attached hydrogen (secondary N) is 2. The van der Waals surface area contributed by atoms with Gasteiger partial charge in [-0.1, -0.05) is 6.92 Å². The van der Waals surface area contributed by atoms with Crippen LogP contribution in [0, 0.1) is 5.92 Å². The summed E-state index contributed by atoms with van der Waals surface area (Å²) in [5.74, 6) is 3.09. The Kier molecular flexibility index (Phi) is 9.59. The molecule has 0 aromatic heterocycles. The molecule has 0 aromatic rings. The third-order valence-corrected chi connectivity index (χ3v) is 6.57. The predicted molar refractivity (Wildman–Crippen MR) is 114 cm³/mol. The van der Waals surface area contributed by atoms with E-state index < -0.39 is 0 Å². The normalized spacial score (nSPS) is 30.6. The minimum Gasteiger partial charge on any atom is -0.355 e. The highest BCUT2D eigenvalue weighted by molar-refractivity contribution is 14.0. The third-order valence-electron chi connectivity index (χ3n) is 5.03. The van der Waals surface area contributed by atoms with Crippen molar-refractivity contribution in [3.05, 3.63) is 0 Å². The van der Waals surface area contributed by atoms with E-state index >= 15 is 0 Å². The van der Waals surface area contributed by atoms with Gasteiger partial charge in [0.05, 0.1) is 0 Å². The average Bonchev–Trinajstić information content (AvgIpc) is 2.94. The van der Waals surface area contributed by atoms with Crippen molar-refractivity contribution < 1.29 is 0 Å². The fourth-order valence-corrected chi connectivity index (χ4v) is 4.71. The molecule has 0 aliphatic carbocycles. The molecule has 2 fully saturated rings. The van der Waals surface area contributed by atoms with Crippen molar-refractivity contribution >= 4 is 41.7 Å². The molecule has 3 unspecified atom stereocenters. The van der Waals surface area contributed by atoms with Crippen LogP contribution < -0.4 is 10.6 Å². The average molecular weight is 454 g/mol. The molecule has 3 atom stereocenters. The number of likely N-dealkylation sites (tertiary alicyclic amines) is 1. The second-order valence-electron chi connectivity index (χ2n) is 7.30. The van der Waals surface area contributed by atoms with Crippen molar-refractivity contribution in [1.29, 1.82) is 0 Å². The fraction of sp³-hybridized carbons (Fsp3) is 0.941. The lowest BCUT2D eigenvalue weighted by atomic mass is 9.99. The van der Waals surface area contributed by atoms with Gasteiger partial charge in [-0.25, -0.2) is 0 Å². The number of piperidine rings is 1. The predicted octanol–water partition coefficient (Wildman–Crippen LogP) is 3.18. The first kappa shape index (κ1) is 21.4. The van der Waals surface area contributed by atoms with Crippen molar-refractivity contribution in [3.63, 3.8) is 0 Å². The molecular formula is C17H35IN4S. The first-order valence-electron chi connectivity index (χ1n) is 8.85. The zero-order valence-corrected chi connectivity index (χ0v) is 18.4. The van der Waals surface area contributed by atoms with Gasteiger partial charge in [-0.2, -0.15) is 11.8 Å². The minimum atomic E-state index is 0. The highest BCUT2D eigenvalue weighted by Crippen LogP contribution is 2.36. The van der Waals surface area contributed by atoms with E-state index in [1.807, 2.05) is 7.05 Å². The SMILES string of the molecule is CN=C(NCC(C)N1CCCC(C)C1)NCC1(C)CCCS1.I. The van der Waals surface area contributed by atoms with Crippen LogP contribution in [0.5, 0.6) is 0 Å². The summed E-state index contributed by atoms with van der Waals surface area (Å²) in [5.41, 5.74) is 0. The quantitative estimate of drug-likeness (QED) is 0.380. The number of halogens is 1. The third kappa shape index (κ3) is 6.98. The van der Waals surface area contributed by atoms with E-state index in [1.54, 1.807) is 0 Å². The molecule has 136 valence electrons. The Balaban J connectivity index is 0.00000264. The van der Waals surface area contributed by atoms with Gasteiger partial charge in [-0.15, -0.1) is 24.0 Å². The van der Waals surface area contributed by atoms with Crippen molar-refractivity contribution in [2.75, 3.05) is 39.0 Å². The molecule has 2 N–H and O–H groups in total. The van der Waals surface area contributed by atoms with Crippen LogP contribution in [0.3, 0.4) is 0 Å². The molecule has 6 heteroatoms. The van der Waals surface area contributed by atoms with E-state index in [4.69, 9.17) is 0 Å². The van der Waals surface area contributed by atoms with Gasteiger partial charge in [0.2, 0.25) is 0 Å². The largest absolute Gasteiger partial charge is 0.355 e. The summed E-state index contributed by atoms with van der Waals surface area (Å²) in [4.78, 5) is 6.99. The van der Waals surface area contributed by atoms with Crippen LogP contribution in [0.25, 0.3) is 0 Å². The van der Waals surface area contributed by atoms with Gasteiger partial charge in [0.25, 0.3) is 0 Å². The van der Waals surface area contributed by atoms with Gasteiger partial charge in [-0.3, -0.25) is 9.89 Å². The number of aliphatic imine (C=N–C) groups is 1. The molecule has 0 radical (unpaired) electrons. The lowest BCUT2D eigenvalue weighted by Gasteiger charge is -2.36. The summed E-state index contributed by atoms with van der Waals surface area (Å²) in [5, 5.41) is 7.03. The first-order chi connectivity index (χ1) is 10.5. The number of nitrogens with zero attached hydrogens (tertiary/aromatic N) is 2. The number of rotatable bonds is 5. The molecule has 0 saturated carbocycles. The molecule has 23 heavy (non-hydrogen) atoms. The second kappa shape index (κ2) is 10.3. The summed E-state index contributed by atoms with van der Waals surface area (Å²) in [6.07, 6.45) is 5.38. The minimum absolute atomic E-state index is 0. The van der Waals surface area contributed by atoms with Crippen LogP contribution in [-0.4, -0.2) is 60.6 Å². The standard InChI is InChI=1S/C17H34N4S.HI/c1-14-7-5-9-21(12-14)15(2)11-19-16(18-4)20-13-17(3)8-6-10-22-17;/h14-15H,5-13H2,1-4H3,(H2,18,19,20);1H. The zero-order valence-electron chi connectivity index (χ0n) is 15.2. The van der Waals surface area contributed by atoms with Gasteiger partial charge in [0.15, 0.2) is 5.96 Å². The van der Waals surface area contributed by atoms with Gasteiger partial charge in [-0.05, 0) is 57.7 Å². The molecule has 0 amide bonds. The summed E-state index contributed by atoms with van der Waals surface area (Å²) in [6, 6.07) is 0.567. The van der Waals surface area contributed by atoms with Crippen LogP contribution >= 0.6 is 35.7 Å². The molecule has 0 aromatic carbocycles. The van der Waals surface area contributed by atoms with E-state index in [1.165, 1.54) is 44.5 Å². The summed E-state index contributed by atoms with van der Waals surface area (Å²) in [6.45, 7) is 11.5. The van der Waals surface area contributed by atoms with E-state index in [0.29, 0.717) is 10.8 Å². The number of hydrogen-bond donors (Lipinski definition) is 2. The monoisotopic (exact) mass is 454 g/mol. The Morgan fingerprint density at radius 3 is 2.78 bits per heavy atom. The highest BCUT2D eigenvalue weighted by atomic mass is 127. The highest BCUT2D eigenvalue weighted by Gasteiger charge is 2.29. The number of guanidine groups is 1. The zero-order chi connectivity index (χ0) is 16.0. The summed E-state index contributed by atoms with van der Waals surface area (Å²) >= 11 is 2.09. The Labute approximate surface area is 164 Å². The lowest BCUT2D eigenvalue weighted by Crippen LogP contribution is -2.50. The second-order valence-corrected chi connectivity index (χ2v) is 8.98. The molecule has 2 rings (SSSR count). The smallest absolute Gasteiger partial charge is 0.191 e. The molecule has 2 heterocycles. The number of hydrogen-bond acceptors (Lipinski definition) is 3. The van der Waals surface area contributed by atoms with Crippen molar-refractivity contribution in [2.24, 2.45) is 10.9 Å². The van der Waals surface area contributed by atoms with Crippen LogP contribution in [0.2, 0.25) is 0 Å². The van der Waals surface area contributed by atoms with Gasteiger partial charge >= 0.3 is 0 Å². The van der Waals surface area contributed by atoms with Crippen molar-refractivity contribution in [2.45, 2.75) is 57.2 Å². The van der Waals surface area contributed by atoms with Gasteiger partial charge < -0.3 is 10.6 Å². The van der Waals surface area contributed by atoms with E-state index in [9.17, 15) is 0 Å². The Morgan fingerprint density at radius 2 is 2.17 bits per heavy atom. The van der Waals surface area contributed by atoms with Gasteiger partial charge in [0.1, 0.15) is 0 Å². The van der Waals surface area contributed by atoms with Crippen molar-refractivity contribution in [3.8, 4) is 0 Å². The van der Waals surface area contributed by atoms with E-state index in [-0.39, 0.29) is 24.0 Å². The van der Waals surface area contributed by atoms with E-state index in [0.717, 1.165) is 25.0 Å². The molecule has 2 aliphatic heterocycles. The molecule has 0 bridgehead atoms. The maximum atomic E-state index is 4.38. The Bertz CT molecular complexity index is 372. The van der Waals surface area contributed by atoms with E-state index in [2.05, 4.69) is 53.1 Å². The van der Waals surface area contributed by atoms with Crippen LogP contribution in [0.4, 0.5) is 0 Å².